The number of halogens is 1. The number of aromatic nitrogens is 2. The molecule has 29 heavy (non-hydrogen) atoms. The highest BCUT2D eigenvalue weighted by molar-refractivity contribution is 5.70. The summed E-state index contributed by atoms with van der Waals surface area (Å²) in [5, 5.41) is 0. The lowest BCUT2D eigenvalue weighted by Crippen LogP contribution is -2.50. The van der Waals surface area contributed by atoms with Crippen LogP contribution >= 0.6 is 0 Å². The van der Waals surface area contributed by atoms with Crippen LogP contribution in [0.15, 0.2) is 17.1 Å². The van der Waals surface area contributed by atoms with E-state index in [9.17, 15) is 14.4 Å². The first-order valence-electron chi connectivity index (χ1n) is 9.83. The van der Waals surface area contributed by atoms with E-state index in [1.165, 1.54) is 6.07 Å². The maximum atomic E-state index is 15.9. The summed E-state index contributed by atoms with van der Waals surface area (Å²) in [7, 11) is 0. The zero-order valence-corrected chi connectivity index (χ0v) is 16.8. The van der Waals surface area contributed by atoms with Crippen molar-refractivity contribution in [2.24, 2.45) is 0 Å². The number of rotatable bonds is 10. The number of alkyl halides is 1. The van der Waals surface area contributed by atoms with Gasteiger partial charge in [0, 0.05) is 19.0 Å². The van der Waals surface area contributed by atoms with Gasteiger partial charge in [0.2, 0.25) is 0 Å². The number of carbonyl (C=O) groups is 2. The zero-order chi connectivity index (χ0) is 21.4. The first-order valence-corrected chi connectivity index (χ1v) is 9.83. The van der Waals surface area contributed by atoms with E-state index >= 15 is 4.39 Å². The number of unbranched alkanes of at least 4 members (excludes halogenated alkanes) is 2. The van der Waals surface area contributed by atoms with Crippen molar-refractivity contribution in [2.75, 3.05) is 18.9 Å². The van der Waals surface area contributed by atoms with Gasteiger partial charge in [0.25, 0.3) is 5.79 Å². The van der Waals surface area contributed by atoms with Gasteiger partial charge in [-0.2, -0.15) is 4.98 Å². The molecule has 0 aromatic carbocycles. The largest absolute Gasteiger partial charge is 0.463 e. The van der Waals surface area contributed by atoms with Crippen molar-refractivity contribution in [3.8, 4) is 0 Å². The standard InChI is InChI=1S/C19H28FN3O6/c1-3-5-7-15(24)27-11-13-17(29-16(25)8-6-4-2)19(20,12-28-13)23-10-9-14(21)22-18(23)26/h9-10,13,17H,3-8,11-12H2,1-2H3,(H2,21,22,26)/t13-,17-,19+/m1/s1. The molecule has 2 rings (SSSR count). The normalized spacial score (nSPS) is 23.7. The maximum absolute atomic E-state index is 15.9. The molecule has 0 radical (unpaired) electrons. The van der Waals surface area contributed by atoms with Crippen molar-refractivity contribution in [3.05, 3.63) is 22.7 Å². The van der Waals surface area contributed by atoms with E-state index in [1.54, 1.807) is 0 Å². The summed E-state index contributed by atoms with van der Waals surface area (Å²) in [5.74, 6) is -3.64. The van der Waals surface area contributed by atoms with Crippen LogP contribution in [0.3, 0.4) is 0 Å². The van der Waals surface area contributed by atoms with Crippen LogP contribution in [-0.4, -0.2) is 46.9 Å². The van der Waals surface area contributed by atoms with E-state index in [2.05, 4.69) is 4.98 Å². The summed E-state index contributed by atoms with van der Waals surface area (Å²) in [6.45, 7) is 2.98. The molecule has 2 N–H and O–H groups in total. The van der Waals surface area contributed by atoms with Gasteiger partial charge >= 0.3 is 17.6 Å². The Labute approximate surface area is 168 Å². The number of hydrogen-bond donors (Lipinski definition) is 1. The van der Waals surface area contributed by atoms with Crippen molar-refractivity contribution >= 4 is 17.8 Å². The minimum atomic E-state index is -2.50. The minimum Gasteiger partial charge on any atom is -0.463 e. The van der Waals surface area contributed by atoms with E-state index in [1.807, 2.05) is 13.8 Å². The Hall–Kier alpha value is -2.49. The van der Waals surface area contributed by atoms with E-state index in [0.717, 1.165) is 19.0 Å². The van der Waals surface area contributed by atoms with Crippen LogP contribution in [0.4, 0.5) is 10.2 Å². The Kier molecular flexibility index (Phi) is 8.12. The van der Waals surface area contributed by atoms with Crippen molar-refractivity contribution < 1.29 is 28.2 Å². The summed E-state index contributed by atoms with van der Waals surface area (Å²) in [5.41, 5.74) is 4.53. The molecule has 3 atom stereocenters. The first kappa shape index (κ1) is 22.8. The lowest BCUT2D eigenvalue weighted by atomic mass is 10.1. The first-order chi connectivity index (χ1) is 13.8. The van der Waals surface area contributed by atoms with Crippen molar-refractivity contribution in [1.82, 2.24) is 9.55 Å². The number of anilines is 1. The Morgan fingerprint density at radius 3 is 2.59 bits per heavy atom. The van der Waals surface area contributed by atoms with Crippen LogP contribution < -0.4 is 11.4 Å². The molecule has 0 unspecified atom stereocenters. The zero-order valence-electron chi connectivity index (χ0n) is 16.8. The van der Waals surface area contributed by atoms with E-state index in [0.29, 0.717) is 17.4 Å². The average Bonchev–Trinajstić information content (AvgIpc) is 2.99. The van der Waals surface area contributed by atoms with Gasteiger partial charge in [-0.1, -0.05) is 26.7 Å². The number of carbonyl (C=O) groups excluding carboxylic acids is 2. The summed E-state index contributed by atoms with van der Waals surface area (Å²) >= 11 is 0. The second-order valence-corrected chi connectivity index (χ2v) is 6.97. The third-order valence-corrected chi connectivity index (χ3v) is 4.64. The van der Waals surface area contributed by atoms with Crippen LogP contribution in [-0.2, 0) is 29.6 Å². The highest BCUT2D eigenvalue weighted by Crippen LogP contribution is 2.35. The van der Waals surface area contributed by atoms with Gasteiger partial charge in [0.1, 0.15) is 25.1 Å². The molecule has 162 valence electrons. The summed E-state index contributed by atoms with van der Waals surface area (Å²) in [6, 6.07) is 1.26. The predicted octanol–water partition coefficient (Wildman–Crippen LogP) is 1.68. The molecule has 0 saturated carbocycles. The van der Waals surface area contributed by atoms with Crippen LogP contribution in [0.2, 0.25) is 0 Å². The molecule has 0 spiro atoms. The molecule has 10 heteroatoms. The molecule has 1 aliphatic heterocycles. The van der Waals surface area contributed by atoms with Gasteiger partial charge < -0.3 is 19.9 Å². The molecular weight excluding hydrogens is 385 g/mol. The third kappa shape index (κ3) is 5.75. The number of hydrogen-bond acceptors (Lipinski definition) is 8. The number of esters is 2. The number of ether oxygens (including phenoxy) is 3. The fourth-order valence-electron chi connectivity index (χ4n) is 2.98. The lowest BCUT2D eigenvalue weighted by Gasteiger charge is -2.29. The highest BCUT2D eigenvalue weighted by Gasteiger charge is 2.56. The molecule has 1 fully saturated rings. The van der Waals surface area contributed by atoms with Gasteiger partial charge in [0.05, 0.1) is 0 Å². The maximum Gasteiger partial charge on any atom is 0.352 e. The van der Waals surface area contributed by atoms with Crippen molar-refractivity contribution in [1.29, 1.82) is 0 Å². The van der Waals surface area contributed by atoms with Crippen LogP contribution in [0.1, 0.15) is 52.4 Å². The molecule has 0 bridgehead atoms. The van der Waals surface area contributed by atoms with Gasteiger partial charge in [0.15, 0.2) is 6.10 Å². The second kappa shape index (κ2) is 10.3. The molecule has 1 aliphatic rings. The quantitative estimate of drug-likeness (QED) is 0.575. The number of nitrogens with zero attached hydrogens (tertiary/aromatic N) is 2. The average molecular weight is 413 g/mol. The Balaban J connectivity index is 2.22. The molecule has 9 nitrogen and oxygen atoms in total. The van der Waals surface area contributed by atoms with E-state index in [4.69, 9.17) is 19.9 Å². The number of nitrogens with two attached hydrogens (primary N) is 1. The Bertz CT molecular complexity index is 771. The smallest absolute Gasteiger partial charge is 0.352 e. The van der Waals surface area contributed by atoms with Crippen LogP contribution in [0, 0.1) is 0 Å². The highest BCUT2D eigenvalue weighted by atomic mass is 19.1. The number of nitrogen functional groups attached to an aromatic ring is 1. The molecule has 0 aliphatic carbocycles. The molecular formula is C19H28FN3O6. The molecule has 1 saturated heterocycles. The third-order valence-electron chi connectivity index (χ3n) is 4.64. The minimum absolute atomic E-state index is 0.0633. The molecule has 1 aromatic rings. The Morgan fingerprint density at radius 2 is 1.97 bits per heavy atom. The summed E-state index contributed by atoms with van der Waals surface area (Å²) in [6.07, 6.45) is 1.76. The van der Waals surface area contributed by atoms with Gasteiger partial charge in [-0.3, -0.25) is 14.2 Å². The lowest BCUT2D eigenvalue weighted by molar-refractivity contribution is -0.166. The van der Waals surface area contributed by atoms with Gasteiger partial charge in [-0.05, 0) is 18.9 Å². The summed E-state index contributed by atoms with van der Waals surface area (Å²) in [4.78, 5) is 39.7. The SMILES string of the molecule is CCCCC(=O)OC[C@H]1OC[C@](F)(n2ccc(N)nc2=O)[C@@H]1OC(=O)CCCC. The topological polar surface area (TPSA) is 123 Å². The van der Waals surface area contributed by atoms with Gasteiger partial charge in [-0.15, -0.1) is 0 Å². The molecule has 2 heterocycles. The van der Waals surface area contributed by atoms with Gasteiger partial charge in [-0.25, -0.2) is 9.18 Å². The van der Waals surface area contributed by atoms with Crippen molar-refractivity contribution in [2.45, 2.75) is 70.4 Å². The fraction of sp³-hybridized carbons (Fsp3) is 0.684. The molecule has 0 amide bonds. The Morgan fingerprint density at radius 1 is 1.31 bits per heavy atom. The van der Waals surface area contributed by atoms with E-state index < -0.39 is 42.2 Å². The predicted molar refractivity (Wildman–Crippen MR) is 102 cm³/mol. The van der Waals surface area contributed by atoms with Crippen LogP contribution in [0.25, 0.3) is 0 Å². The van der Waals surface area contributed by atoms with Crippen molar-refractivity contribution in [3.63, 3.8) is 0 Å². The van der Waals surface area contributed by atoms with E-state index in [-0.39, 0.29) is 25.3 Å². The summed E-state index contributed by atoms with van der Waals surface area (Å²) < 4.78 is 32.5. The monoisotopic (exact) mass is 413 g/mol. The molecule has 1 aromatic heterocycles. The fourth-order valence-corrected chi connectivity index (χ4v) is 2.98. The second-order valence-electron chi connectivity index (χ2n) is 6.97. The van der Waals surface area contributed by atoms with Crippen LogP contribution in [0.5, 0.6) is 0 Å².